The van der Waals surface area contributed by atoms with E-state index in [2.05, 4.69) is 4.90 Å². The van der Waals surface area contributed by atoms with E-state index in [4.69, 9.17) is 4.74 Å². The van der Waals surface area contributed by atoms with Crippen LogP contribution in [0.4, 0.5) is 0 Å². The molecule has 0 amide bonds. The van der Waals surface area contributed by atoms with Crippen LogP contribution in [0.25, 0.3) is 0 Å². The molecule has 4 heteroatoms. The number of carboxylic acids is 1. The lowest BCUT2D eigenvalue weighted by Crippen LogP contribution is -2.49. The highest BCUT2D eigenvalue weighted by Crippen LogP contribution is 2.31. The second-order valence-electron chi connectivity index (χ2n) is 5.77. The number of aliphatic carboxylic acids is 1. The summed E-state index contributed by atoms with van der Waals surface area (Å²) in [5.74, 6) is -0.668. The molecule has 17 heavy (non-hydrogen) atoms. The maximum absolute atomic E-state index is 11.4. The number of rotatable bonds is 5. The highest BCUT2D eigenvalue weighted by molar-refractivity contribution is 5.74. The number of hydrogen-bond donors (Lipinski definition) is 1. The number of carboxylic acid groups (broad SMARTS) is 1. The van der Waals surface area contributed by atoms with Gasteiger partial charge in [-0.05, 0) is 26.2 Å². The third kappa shape index (κ3) is 2.80. The van der Waals surface area contributed by atoms with E-state index >= 15 is 0 Å². The maximum Gasteiger partial charge on any atom is 0.310 e. The Morgan fingerprint density at radius 3 is 2.47 bits per heavy atom. The fourth-order valence-corrected chi connectivity index (χ4v) is 3.13. The summed E-state index contributed by atoms with van der Waals surface area (Å²) < 4.78 is 5.77. The summed E-state index contributed by atoms with van der Waals surface area (Å²) >= 11 is 0. The van der Waals surface area contributed by atoms with Gasteiger partial charge in [0.05, 0.1) is 17.6 Å². The molecular weight excluding hydrogens is 218 g/mol. The summed E-state index contributed by atoms with van der Waals surface area (Å²) in [5.41, 5.74) is -0.606. The first-order valence-electron chi connectivity index (χ1n) is 6.65. The van der Waals surface area contributed by atoms with E-state index in [0.717, 1.165) is 38.8 Å². The summed E-state index contributed by atoms with van der Waals surface area (Å²) in [4.78, 5) is 13.7. The van der Waals surface area contributed by atoms with Crippen molar-refractivity contribution >= 4 is 5.97 Å². The Balaban J connectivity index is 1.96. The first-order valence-corrected chi connectivity index (χ1v) is 6.65. The molecule has 0 radical (unpaired) electrons. The monoisotopic (exact) mass is 241 g/mol. The van der Waals surface area contributed by atoms with Crippen LogP contribution in [-0.4, -0.2) is 47.8 Å². The van der Waals surface area contributed by atoms with Crippen molar-refractivity contribution in [3.8, 4) is 0 Å². The van der Waals surface area contributed by atoms with Gasteiger partial charge in [-0.3, -0.25) is 9.69 Å². The van der Waals surface area contributed by atoms with E-state index in [0.29, 0.717) is 18.8 Å². The molecule has 3 unspecified atom stereocenters. The maximum atomic E-state index is 11.4. The molecule has 1 N–H and O–H groups in total. The average Bonchev–Trinajstić information content (AvgIpc) is 2.58. The van der Waals surface area contributed by atoms with Crippen molar-refractivity contribution in [1.29, 1.82) is 0 Å². The Kier molecular flexibility index (Phi) is 3.73. The lowest BCUT2D eigenvalue weighted by Gasteiger charge is -2.37. The van der Waals surface area contributed by atoms with Gasteiger partial charge in [-0.15, -0.1) is 0 Å². The smallest absolute Gasteiger partial charge is 0.310 e. The van der Waals surface area contributed by atoms with Crippen LogP contribution in [-0.2, 0) is 9.53 Å². The topological polar surface area (TPSA) is 49.8 Å². The number of ether oxygens (including phenoxy) is 1. The molecule has 2 aliphatic heterocycles. The summed E-state index contributed by atoms with van der Waals surface area (Å²) in [6, 6.07) is 0. The van der Waals surface area contributed by atoms with Gasteiger partial charge in [0.25, 0.3) is 0 Å². The number of morpholine rings is 1. The van der Waals surface area contributed by atoms with E-state index in [1.165, 1.54) is 0 Å². The van der Waals surface area contributed by atoms with Crippen LogP contribution in [0, 0.1) is 5.41 Å². The van der Waals surface area contributed by atoms with Gasteiger partial charge in [0.2, 0.25) is 0 Å². The number of hydrogen-bond acceptors (Lipinski definition) is 3. The molecule has 2 rings (SSSR count). The SMILES string of the molecule is CCCC(C)(CN1CC2CCC(C1)O2)C(=O)O. The highest BCUT2D eigenvalue weighted by Gasteiger charge is 2.39. The standard InChI is InChI=1S/C13H23NO3/c1-3-6-13(2,12(15)16)9-14-7-10-4-5-11(8-14)17-10/h10-11H,3-9H2,1-2H3,(H,15,16). The van der Waals surface area contributed by atoms with Crippen molar-refractivity contribution in [2.45, 2.75) is 51.7 Å². The lowest BCUT2D eigenvalue weighted by atomic mass is 9.85. The zero-order chi connectivity index (χ0) is 12.5. The van der Waals surface area contributed by atoms with Crippen LogP contribution >= 0.6 is 0 Å². The second-order valence-corrected chi connectivity index (χ2v) is 5.77. The van der Waals surface area contributed by atoms with Crippen molar-refractivity contribution in [2.75, 3.05) is 19.6 Å². The summed E-state index contributed by atoms with van der Waals surface area (Å²) in [5, 5.41) is 9.38. The van der Waals surface area contributed by atoms with Gasteiger partial charge in [0.1, 0.15) is 0 Å². The van der Waals surface area contributed by atoms with Crippen LogP contribution < -0.4 is 0 Å². The molecule has 0 aliphatic carbocycles. The van der Waals surface area contributed by atoms with Crippen LogP contribution in [0.2, 0.25) is 0 Å². The van der Waals surface area contributed by atoms with Gasteiger partial charge < -0.3 is 9.84 Å². The Labute approximate surface area is 103 Å². The number of fused-ring (bicyclic) bond motifs is 2. The minimum atomic E-state index is -0.668. The van der Waals surface area contributed by atoms with Crippen molar-refractivity contribution in [1.82, 2.24) is 4.90 Å². The van der Waals surface area contributed by atoms with Crippen molar-refractivity contribution in [3.05, 3.63) is 0 Å². The first kappa shape index (κ1) is 12.8. The Morgan fingerprint density at radius 1 is 1.41 bits per heavy atom. The molecule has 0 saturated carbocycles. The summed E-state index contributed by atoms with van der Waals surface area (Å²) in [6.45, 7) is 6.39. The van der Waals surface area contributed by atoms with E-state index in [-0.39, 0.29) is 0 Å². The second kappa shape index (κ2) is 4.94. The molecular formula is C13H23NO3. The minimum Gasteiger partial charge on any atom is -0.481 e. The molecule has 0 aromatic rings. The molecule has 98 valence electrons. The molecule has 0 aromatic carbocycles. The van der Waals surface area contributed by atoms with Crippen LogP contribution in [0.1, 0.15) is 39.5 Å². The fraction of sp³-hybridized carbons (Fsp3) is 0.923. The van der Waals surface area contributed by atoms with Crippen LogP contribution in [0.15, 0.2) is 0 Å². The summed E-state index contributed by atoms with van der Waals surface area (Å²) in [6.07, 6.45) is 4.62. The van der Waals surface area contributed by atoms with E-state index in [1.807, 2.05) is 13.8 Å². The molecule has 0 aromatic heterocycles. The molecule has 2 heterocycles. The van der Waals surface area contributed by atoms with E-state index < -0.39 is 11.4 Å². The average molecular weight is 241 g/mol. The van der Waals surface area contributed by atoms with Gasteiger partial charge in [-0.2, -0.15) is 0 Å². The van der Waals surface area contributed by atoms with Crippen LogP contribution in [0.5, 0.6) is 0 Å². The largest absolute Gasteiger partial charge is 0.481 e. The zero-order valence-corrected chi connectivity index (χ0v) is 10.8. The van der Waals surface area contributed by atoms with Crippen molar-refractivity contribution < 1.29 is 14.6 Å². The van der Waals surface area contributed by atoms with E-state index in [1.54, 1.807) is 0 Å². The fourth-order valence-electron chi connectivity index (χ4n) is 3.13. The van der Waals surface area contributed by atoms with Gasteiger partial charge >= 0.3 is 5.97 Å². The third-order valence-corrected chi connectivity index (χ3v) is 4.01. The molecule has 2 aliphatic rings. The van der Waals surface area contributed by atoms with E-state index in [9.17, 15) is 9.90 Å². The highest BCUT2D eigenvalue weighted by atomic mass is 16.5. The normalized spacial score (nSPS) is 32.4. The molecule has 0 spiro atoms. The van der Waals surface area contributed by atoms with Crippen molar-refractivity contribution in [3.63, 3.8) is 0 Å². The Morgan fingerprint density at radius 2 is 2.00 bits per heavy atom. The molecule has 2 saturated heterocycles. The van der Waals surface area contributed by atoms with Gasteiger partial charge in [0, 0.05) is 19.6 Å². The predicted octanol–water partition coefficient (Wildman–Crippen LogP) is 1.74. The predicted molar refractivity (Wildman–Crippen MR) is 65.0 cm³/mol. The van der Waals surface area contributed by atoms with Gasteiger partial charge in [-0.25, -0.2) is 0 Å². The molecule has 3 atom stereocenters. The van der Waals surface area contributed by atoms with Crippen LogP contribution in [0.3, 0.4) is 0 Å². The zero-order valence-electron chi connectivity index (χ0n) is 10.8. The minimum absolute atomic E-state index is 0.341. The lowest BCUT2D eigenvalue weighted by molar-refractivity contribution is -0.151. The van der Waals surface area contributed by atoms with Crippen molar-refractivity contribution in [2.24, 2.45) is 5.41 Å². The van der Waals surface area contributed by atoms with Gasteiger partial charge in [-0.1, -0.05) is 13.3 Å². The summed E-state index contributed by atoms with van der Waals surface area (Å²) in [7, 11) is 0. The Hall–Kier alpha value is -0.610. The number of likely N-dealkylation sites (tertiary alicyclic amines) is 1. The molecule has 2 fully saturated rings. The number of carbonyl (C=O) groups is 1. The van der Waals surface area contributed by atoms with Gasteiger partial charge in [0.15, 0.2) is 0 Å². The third-order valence-electron chi connectivity index (χ3n) is 4.01. The first-order chi connectivity index (χ1) is 8.03. The number of nitrogens with zero attached hydrogens (tertiary/aromatic N) is 1. The molecule has 4 nitrogen and oxygen atoms in total. The molecule has 2 bridgehead atoms. The quantitative estimate of drug-likeness (QED) is 0.796. The Bertz CT molecular complexity index is 282.